The molecule has 166 valence electrons. The average molecular weight is 474 g/mol. The minimum Gasteiger partial charge on any atom is -0.508 e. The summed E-state index contributed by atoms with van der Waals surface area (Å²) in [4.78, 5) is 1.98. The first-order valence-electron chi connectivity index (χ1n) is 9.65. The Hall–Kier alpha value is -1.66. The molecule has 1 aliphatic rings. The van der Waals surface area contributed by atoms with Gasteiger partial charge in [0.1, 0.15) is 9.96 Å². The van der Waals surface area contributed by atoms with Gasteiger partial charge >= 0.3 is 0 Å². The Balaban J connectivity index is 1.83. The van der Waals surface area contributed by atoms with E-state index in [4.69, 9.17) is 0 Å². The molecule has 0 unspecified atom stereocenters. The van der Waals surface area contributed by atoms with E-state index in [2.05, 4.69) is 4.72 Å². The first kappa shape index (κ1) is 23.0. The molecule has 0 bridgehead atoms. The van der Waals surface area contributed by atoms with Crippen LogP contribution < -0.4 is 9.62 Å². The summed E-state index contributed by atoms with van der Waals surface area (Å²) in [6.07, 6.45) is 0. The number of hydrogen-bond donors (Lipinski definition) is 2. The molecular weight excluding hydrogens is 446 g/mol. The van der Waals surface area contributed by atoms with Crippen molar-refractivity contribution in [1.82, 2.24) is 9.03 Å². The van der Waals surface area contributed by atoms with Crippen molar-refractivity contribution >= 4 is 37.1 Å². The minimum absolute atomic E-state index is 0.0101. The number of rotatable bonds is 8. The lowest BCUT2D eigenvalue weighted by atomic mass is 10.1. The summed E-state index contributed by atoms with van der Waals surface area (Å²) in [6, 6.07) is 9.49. The van der Waals surface area contributed by atoms with Gasteiger partial charge in [0, 0.05) is 31.9 Å². The first-order valence-corrected chi connectivity index (χ1v) is 13.6. The van der Waals surface area contributed by atoms with E-state index in [1.165, 1.54) is 15.6 Å². The topological polar surface area (TPSA) is 107 Å². The van der Waals surface area contributed by atoms with Gasteiger partial charge in [0.15, 0.2) is 0 Å². The SMILES string of the molecule is CC(C)CS(=O)(=O)NC[C@H]1CN(S(=O)(=O)c2cccs2)CCN1c1ccc(O)cc1. The highest BCUT2D eigenvalue weighted by molar-refractivity contribution is 7.91. The summed E-state index contributed by atoms with van der Waals surface area (Å²) in [5.41, 5.74) is 0.800. The van der Waals surface area contributed by atoms with Gasteiger partial charge in [0.25, 0.3) is 10.0 Å². The highest BCUT2D eigenvalue weighted by Crippen LogP contribution is 2.27. The van der Waals surface area contributed by atoms with Crippen LogP contribution in [0, 0.1) is 5.92 Å². The third-order valence-corrected chi connectivity index (χ3v) is 9.76. The summed E-state index contributed by atoms with van der Waals surface area (Å²) in [7, 11) is -7.10. The van der Waals surface area contributed by atoms with E-state index in [9.17, 15) is 21.9 Å². The molecule has 1 atom stereocenters. The maximum Gasteiger partial charge on any atom is 0.252 e. The zero-order chi connectivity index (χ0) is 21.9. The van der Waals surface area contributed by atoms with Crippen LogP contribution in [0.4, 0.5) is 5.69 Å². The fraction of sp³-hybridized carbons (Fsp3) is 0.474. The van der Waals surface area contributed by atoms with Crippen LogP contribution in [0.1, 0.15) is 13.8 Å². The second-order valence-electron chi connectivity index (χ2n) is 7.68. The molecule has 30 heavy (non-hydrogen) atoms. The fourth-order valence-corrected chi connectivity index (χ4v) is 7.52. The standard InChI is InChI=1S/C19H27N3O5S3/c1-15(2)14-29(24,25)20-12-17-13-21(30(26,27)19-4-3-11-28-19)9-10-22(17)16-5-7-18(23)8-6-16/h3-8,11,15,17,20,23H,9-10,12-14H2,1-2H3/t17-/m0/s1. The molecule has 1 fully saturated rings. The molecule has 1 aromatic heterocycles. The van der Waals surface area contributed by atoms with Crippen LogP contribution in [0.5, 0.6) is 5.75 Å². The molecule has 3 rings (SSSR count). The van der Waals surface area contributed by atoms with Gasteiger partial charge in [-0.1, -0.05) is 19.9 Å². The molecule has 2 heterocycles. The predicted molar refractivity (Wildman–Crippen MR) is 119 cm³/mol. The van der Waals surface area contributed by atoms with E-state index in [0.29, 0.717) is 6.54 Å². The van der Waals surface area contributed by atoms with Gasteiger partial charge in [0.2, 0.25) is 10.0 Å². The lowest BCUT2D eigenvalue weighted by Gasteiger charge is -2.42. The van der Waals surface area contributed by atoms with Crippen LogP contribution in [0.15, 0.2) is 46.0 Å². The van der Waals surface area contributed by atoms with E-state index in [1.807, 2.05) is 18.7 Å². The van der Waals surface area contributed by atoms with Crippen molar-refractivity contribution in [2.24, 2.45) is 5.92 Å². The van der Waals surface area contributed by atoms with Crippen LogP contribution in [-0.4, -0.2) is 64.2 Å². The molecule has 8 nitrogen and oxygen atoms in total. The van der Waals surface area contributed by atoms with E-state index in [1.54, 1.807) is 41.8 Å². The van der Waals surface area contributed by atoms with Gasteiger partial charge in [-0.25, -0.2) is 21.6 Å². The summed E-state index contributed by atoms with van der Waals surface area (Å²) in [5.74, 6) is 0.125. The second-order valence-corrected chi connectivity index (χ2v) is 12.6. The van der Waals surface area contributed by atoms with Gasteiger partial charge in [-0.15, -0.1) is 11.3 Å². The molecule has 2 aromatic rings. The first-order chi connectivity index (χ1) is 14.1. The number of thiophene rings is 1. The molecule has 1 aliphatic heterocycles. The van der Waals surface area contributed by atoms with Crippen LogP contribution in [0.2, 0.25) is 0 Å². The van der Waals surface area contributed by atoms with Crippen molar-refractivity contribution in [3.05, 3.63) is 41.8 Å². The van der Waals surface area contributed by atoms with Gasteiger partial charge in [-0.3, -0.25) is 0 Å². The number of hydrogen-bond acceptors (Lipinski definition) is 7. The highest BCUT2D eigenvalue weighted by atomic mass is 32.2. The fourth-order valence-electron chi connectivity index (χ4n) is 3.46. The Kier molecular flexibility index (Phi) is 7.08. The van der Waals surface area contributed by atoms with Gasteiger partial charge in [-0.05, 0) is 41.6 Å². The van der Waals surface area contributed by atoms with Crippen LogP contribution in [0.3, 0.4) is 0 Å². The number of phenols is 1. The Bertz CT molecular complexity index is 1040. The number of benzene rings is 1. The lowest BCUT2D eigenvalue weighted by molar-refractivity contribution is 0.331. The van der Waals surface area contributed by atoms with Crippen molar-refractivity contribution in [2.75, 3.05) is 36.8 Å². The third-order valence-electron chi connectivity index (χ3n) is 4.81. The number of nitrogens with one attached hydrogen (secondary N) is 1. The van der Waals surface area contributed by atoms with Crippen molar-refractivity contribution < 1.29 is 21.9 Å². The molecule has 1 saturated heterocycles. The van der Waals surface area contributed by atoms with Gasteiger partial charge < -0.3 is 10.0 Å². The zero-order valence-corrected chi connectivity index (χ0v) is 19.4. The van der Waals surface area contributed by atoms with E-state index in [0.717, 1.165) is 5.69 Å². The van der Waals surface area contributed by atoms with E-state index >= 15 is 0 Å². The van der Waals surface area contributed by atoms with Crippen molar-refractivity contribution in [3.63, 3.8) is 0 Å². The minimum atomic E-state index is -3.63. The number of piperazine rings is 1. The van der Waals surface area contributed by atoms with Gasteiger partial charge in [0.05, 0.1) is 11.8 Å². The smallest absolute Gasteiger partial charge is 0.252 e. The van der Waals surface area contributed by atoms with Crippen LogP contribution in [0.25, 0.3) is 0 Å². The Morgan fingerprint density at radius 2 is 1.83 bits per heavy atom. The maximum absolute atomic E-state index is 13.0. The zero-order valence-electron chi connectivity index (χ0n) is 16.9. The number of nitrogens with zero attached hydrogens (tertiary/aromatic N) is 2. The van der Waals surface area contributed by atoms with E-state index in [-0.39, 0.29) is 47.3 Å². The van der Waals surface area contributed by atoms with Crippen molar-refractivity contribution in [1.29, 1.82) is 0 Å². The summed E-state index contributed by atoms with van der Waals surface area (Å²) < 4.78 is 55.0. The van der Waals surface area contributed by atoms with Gasteiger partial charge in [-0.2, -0.15) is 4.31 Å². The molecule has 0 spiro atoms. The molecule has 0 amide bonds. The number of anilines is 1. The molecule has 0 radical (unpaired) electrons. The number of sulfonamides is 2. The average Bonchev–Trinajstić information content (AvgIpc) is 3.22. The molecule has 11 heteroatoms. The molecular formula is C19H27N3O5S3. The number of aromatic hydroxyl groups is 1. The van der Waals surface area contributed by atoms with Crippen LogP contribution >= 0.6 is 11.3 Å². The Labute approximate surface area is 182 Å². The molecule has 0 aliphatic carbocycles. The van der Waals surface area contributed by atoms with Crippen LogP contribution in [-0.2, 0) is 20.0 Å². The van der Waals surface area contributed by atoms with Crippen molar-refractivity contribution in [2.45, 2.75) is 24.1 Å². The molecule has 2 N–H and O–H groups in total. The quantitative estimate of drug-likeness (QED) is 0.607. The van der Waals surface area contributed by atoms with E-state index < -0.39 is 20.0 Å². The molecule has 1 aromatic carbocycles. The highest BCUT2D eigenvalue weighted by Gasteiger charge is 2.35. The van der Waals surface area contributed by atoms with Crippen molar-refractivity contribution in [3.8, 4) is 5.75 Å². The second kappa shape index (κ2) is 9.23. The summed E-state index contributed by atoms with van der Waals surface area (Å²) >= 11 is 1.17. The normalized spacial score (nSPS) is 18.8. The summed E-state index contributed by atoms with van der Waals surface area (Å²) in [5, 5.41) is 11.3. The monoisotopic (exact) mass is 473 g/mol. The Morgan fingerprint density at radius 1 is 1.13 bits per heavy atom. The maximum atomic E-state index is 13.0. The Morgan fingerprint density at radius 3 is 2.43 bits per heavy atom. The lowest BCUT2D eigenvalue weighted by Crippen LogP contribution is -2.58. The number of phenolic OH excluding ortho intramolecular Hbond substituents is 1. The summed E-state index contributed by atoms with van der Waals surface area (Å²) in [6.45, 7) is 4.61. The predicted octanol–water partition coefficient (Wildman–Crippen LogP) is 1.91. The largest absolute Gasteiger partial charge is 0.508 e. The third kappa shape index (κ3) is 5.52. The molecule has 0 saturated carbocycles.